The minimum absolute atomic E-state index is 0.621. The maximum absolute atomic E-state index is 11.2. The molecule has 0 radical (unpaired) electrons. The SMILES string of the molecule is CN(C)C1CCc2cc(S(N)=O)sc2C1. The summed E-state index contributed by atoms with van der Waals surface area (Å²) in [5, 5.41) is 5.39. The minimum Gasteiger partial charge on any atom is -0.306 e. The molecule has 5 heteroatoms. The normalized spacial score (nSPS) is 22.8. The van der Waals surface area contributed by atoms with Crippen LogP contribution in [0, 0.1) is 0 Å². The quantitative estimate of drug-likeness (QED) is 0.848. The van der Waals surface area contributed by atoms with Gasteiger partial charge in [0.15, 0.2) is 0 Å². The zero-order chi connectivity index (χ0) is 11.0. The average molecular weight is 244 g/mol. The number of hydrogen-bond donors (Lipinski definition) is 1. The average Bonchev–Trinajstić information content (AvgIpc) is 2.59. The minimum atomic E-state index is -1.31. The molecule has 2 N–H and O–H groups in total. The molecule has 2 rings (SSSR count). The third-order valence-electron chi connectivity index (χ3n) is 2.97. The van der Waals surface area contributed by atoms with Crippen LogP contribution in [0.25, 0.3) is 0 Å². The smallest absolute Gasteiger partial charge is 0.132 e. The zero-order valence-electron chi connectivity index (χ0n) is 9.03. The number of thiophene rings is 1. The summed E-state index contributed by atoms with van der Waals surface area (Å²) < 4.78 is 12.0. The van der Waals surface area contributed by atoms with Crippen molar-refractivity contribution in [1.29, 1.82) is 0 Å². The van der Waals surface area contributed by atoms with Crippen LogP contribution >= 0.6 is 11.3 Å². The predicted octanol–water partition coefficient (Wildman–Crippen LogP) is 1.15. The lowest BCUT2D eigenvalue weighted by Crippen LogP contribution is -2.32. The highest BCUT2D eigenvalue weighted by Gasteiger charge is 2.23. The highest BCUT2D eigenvalue weighted by atomic mass is 32.2. The van der Waals surface area contributed by atoms with E-state index in [1.54, 1.807) is 11.3 Å². The van der Waals surface area contributed by atoms with E-state index in [1.165, 1.54) is 16.9 Å². The maximum Gasteiger partial charge on any atom is 0.132 e. The highest BCUT2D eigenvalue weighted by molar-refractivity contribution is 7.85. The summed E-state index contributed by atoms with van der Waals surface area (Å²) in [5.41, 5.74) is 1.35. The summed E-state index contributed by atoms with van der Waals surface area (Å²) in [6.07, 6.45) is 3.35. The standard InChI is InChI=1S/C10H16N2OS2/c1-12(2)8-4-3-7-5-10(15(11)13)14-9(7)6-8/h5,8H,3-4,6,11H2,1-2H3. The van der Waals surface area contributed by atoms with Crippen molar-refractivity contribution >= 4 is 22.3 Å². The summed E-state index contributed by atoms with van der Waals surface area (Å²) >= 11 is 1.61. The number of fused-ring (bicyclic) bond motifs is 1. The number of nitrogens with two attached hydrogens (primary N) is 1. The summed E-state index contributed by atoms with van der Waals surface area (Å²) in [6.45, 7) is 0. The molecule has 2 atom stereocenters. The fourth-order valence-electron chi connectivity index (χ4n) is 2.00. The summed E-state index contributed by atoms with van der Waals surface area (Å²) in [7, 11) is 2.92. The lowest BCUT2D eigenvalue weighted by atomic mass is 9.94. The molecule has 0 amide bonds. The Bertz CT molecular complexity index is 387. The Morgan fingerprint density at radius 2 is 2.33 bits per heavy atom. The van der Waals surface area contributed by atoms with Crippen LogP contribution in [0.1, 0.15) is 16.9 Å². The molecule has 1 aromatic heterocycles. The molecule has 0 saturated heterocycles. The largest absolute Gasteiger partial charge is 0.306 e. The topological polar surface area (TPSA) is 46.3 Å². The molecule has 0 saturated carbocycles. The molecule has 1 aromatic rings. The summed E-state index contributed by atoms with van der Waals surface area (Å²) in [5.74, 6) is 0. The van der Waals surface area contributed by atoms with Gasteiger partial charge in [0, 0.05) is 10.9 Å². The van der Waals surface area contributed by atoms with Crippen molar-refractivity contribution in [2.45, 2.75) is 29.5 Å². The first kappa shape index (κ1) is 11.3. The van der Waals surface area contributed by atoms with Crippen molar-refractivity contribution < 1.29 is 4.21 Å². The van der Waals surface area contributed by atoms with Gasteiger partial charge < -0.3 is 4.90 Å². The monoisotopic (exact) mass is 244 g/mol. The number of aryl methyl sites for hydroxylation is 1. The summed E-state index contributed by atoms with van der Waals surface area (Å²) in [4.78, 5) is 3.63. The van der Waals surface area contributed by atoms with Crippen LogP contribution in [0.2, 0.25) is 0 Å². The summed E-state index contributed by atoms with van der Waals surface area (Å²) in [6, 6.07) is 2.64. The van der Waals surface area contributed by atoms with Crippen LogP contribution < -0.4 is 5.14 Å². The van der Waals surface area contributed by atoms with Gasteiger partial charge in [-0.1, -0.05) is 0 Å². The number of rotatable bonds is 2. The Hall–Kier alpha value is -0.230. The molecule has 0 aliphatic heterocycles. The first-order valence-electron chi connectivity index (χ1n) is 5.02. The molecule has 0 bridgehead atoms. The third-order valence-corrected chi connectivity index (χ3v) is 5.22. The van der Waals surface area contributed by atoms with Gasteiger partial charge in [-0.2, -0.15) is 0 Å². The highest BCUT2D eigenvalue weighted by Crippen LogP contribution is 2.31. The van der Waals surface area contributed by atoms with Crippen LogP contribution in [-0.4, -0.2) is 29.2 Å². The Morgan fingerprint density at radius 1 is 1.60 bits per heavy atom. The van der Waals surface area contributed by atoms with Crippen LogP contribution in [0.4, 0.5) is 0 Å². The Kier molecular flexibility index (Phi) is 3.25. The van der Waals surface area contributed by atoms with Gasteiger partial charge in [-0.05, 0) is 45.0 Å². The number of hydrogen-bond acceptors (Lipinski definition) is 3. The van der Waals surface area contributed by atoms with E-state index < -0.39 is 11.0 Å². The van der Waals surface area contributed by atoms with E-state index in [4.69, 9.17) is 5.14 Å². The second-order valence-corrected chi connectivity index (χ2v) is 6.60. The molecule has 0 spiro atoms. The first-order chi connectivity index (χ1) is 7.08. The molecule has 0 fully saturated rings. The van der Waals surface area contributed by atoms with Crippen LogP contribution in [0.3, 0.4) is 0 Å². The van der Waals surface area contributed by atoms with E-state index in [0.717, 1.165) is 17.1 Å². The van der Waals surface area contributed by atoms with Crippen molar-refractivity contribution in [3.63, 3.8) is 0 Å². The molecule has 84 valence electrons. The molecule has 0 aromatic carbocycles. The van der Waals surface area contributed by atoms with E-state index in [1.807, 2.05) is 6.07 Å². The Balaban J connectivity index is 2.23. The van der Waals surface area contributed by atoms with Crippen molar-refractivity contribution in [2.24, 2.45) is 5.14 Å². The number of likely N-dealkylation sites (N-methyl/N-ethyl adjacent to an activating group) is 1. The maximum atomic E-state index is 11.2. The van der Waals surface area contributed by atoms with Gasteiger partial charge in [-0.15, -0.1) is 11.3 Å². The number of nitrogens with zero attached hydrogens (tertiary/aromatic N) is 1. The van der Waals surface area contributed by atoms with E-state index in [-0.39, 0.29) is 0 Å². The zero-order valence-corrected chi connectivity index (χ0v) is 10.7. The molecule has 1 heterocycles. The Morgan fingerprint density at radius 3 is 2.93 bits per heavy atom. The second kappa shape index (κ2) is 4.33. The van der Waals surface area contributed by atoms with E-state index >= 15 is 0 Å². The van der Waals surface area contributed by atoms with Crippen LogP contribution in [-0.2, 0) is 23.8 Å². The van der Waals surface area contributed by atoms with Gasteiger partial charge in [-0.3, -0.25) is 0 Å². The van der Waals surface area contributed by atoms with Gasteiger partial charge in [-0.25, -0.2) is 9.35 Å². The van der Waals surface area contributed by atoms with Crippen LogP contribution in [0.15, 0.2) is 10.3 Å². The van der Waals surface area contributed by atoms with Crippen LogP contribution in [0.5, 0.6) is 0 Å². The van der Waals surface area contributed by atoms with E-state index in [0.29, 0.717) is 6.04 Å². The molecule has 1 aliphatic carbocycles. The second-order valence-electron chi connectivity index (χ2n) is 4.17. The molecule has 3 nitrogen and oxygen atoms in total. The first-order valence-corrected chi connectivity index (χ1v) is 7.05. The molecule has 1 aliphatic rings. The molecular weight excluding hydrogens is 228 g/mol. The lowest BCUT2D eigenvalue weighted by molar-refractivity contribution is 0.270. The molecule has 2 unspecified atom stereocenters. The fraction of sp³-hybridized carbons (Fsp3) is 0.600. The van der Waals surface area contributed by atoms with Crippen molar-refractivity contribution in [1.82, 2.24) is 4.90 Å². The van der Waals surface area contributed by atoms with E-state index in [9.17, 15) is 4.21 Å². The third kappa shape index (κ3) is 2.30. The lowest BCUT2D eigenvalue weighted by Gasteiger charge is -2.27. The van der Waals surface area contributed by atoms with Gasteiger partial charge in [0.2, 0.25) is 0 Å². The molecular formula is C10H16N2OS2. The predicted molar refractivity (Wildman–Crippen MR) is 64.4 cm³/mol. The van der Waals surface area contributed by atoms with Crippen molar-refractivity contribution in [2.75, 3.05) is 14.1 Å². The van der Waals surface area contributed by atoms with Gasteiger partial charge in [0.05, 0.1) is 0 Å². The van der Waals surface area contributed by atoms with Gasteiger partial charge >= 0.3 is 0 Å². The van der Waals surface area contributed by atoms with Crippen molar-refractivity contribution in [3.8, 4) is 0 Å². The van der Waals surface area contributed by atoms with Crippen molar-refractivity contribution in [3.05, 3.63) is 16.5 Å². The van der Waals surface area contributed by atoms with Gasteiger partial charge in [0.25, 0.3) is 0 Å². The van der Waals surface area contributed by atoms with Gasteiger partial charge in [0.1, 0.15) is 15.2 Å². The Labute approximate surface area is 96.9 Å². The fourth-order valence-corrected chi connectivity index (χ4v) is 3.90. The molecule has 15 heavy (non-hydrogen) atoms. The van der Waals surface area contributed by atoms with E-state index in [2.05, 4.69) is 19.0 Å².